The van der Waals surface area contributed by atoms with Gasteiger partial charge in [-0.1, -0.05) is 17.7 Å². The van der Waals surface area contributed by atoms with Gasteiger partial charge in [0.15, 0.2) is 0 Å². The lowest BCUT2D eigenvalue weighted by Crippen LogP contribution is -2.40. The van der Waals surface area contributed by atoms with Crippen LogP contribution in [0.25, 0.3) is 0 Å². The first kappa shape index (κ1) is 15.0. The lowest BCUT2D eigenvalue weighted by atomic mass is 10.1. The van der Waals surface area contributed by atoms with Gasteiger partial charge in [-0.25, -0.2) is 0 Å². The molecule has 0 saturated heterocycles. The van der Waals surface area contributed by atoms with E-state index in [1.54, 1.807) is 18.5 Å². The molecule has 0 aliphatic carbocycles. The van der Waals surface area contributed by atoms with E-state index in [1.165, 1.54) is 5.56 Å². The zero-order chi connectivity index (χ0) is 15.5. The highest BCUT2D eigenvalue weighted by Crippen LogP contribution is 2.17. The second-order valence-electron chi connectivity index (χ2n) is 6.16. The third-order valence-electron chi connectivity index (χ3n) is 2.83. The summed E-state index contributed by atoms with van der Waals surface area (Å²) < 4.78 is 0. The molecule has 0 aliphatic heterocycles. The van der Waals surface area contributed by atoms with E-state index in [4.69, 9.17) is 0 Å². The van der Waals surface area contributed by atoms with Gasteiger partial charge in [-0.15, -0.1) is 0 Å². The highest BCUT2D eigenvalue weighted by Gasteiger charge is 2.15. The van der Waals surface area contributed by atoms with Gasteiger partial charge < -0.3 is 10.6 Å². The smallest absolute Gasteiger partial charge is 0.253 e. The topological polar surface area (TPSA) is 54.0 Å². The number of rotatable bonds is 3. The molecule has 0 saturated carbocycles. The summed E-state index contributed by atoms with van der Waals surface area (Å²) in [5.74, 6) is -0.123. The van der Waals surface area contributed by atoms with Crippen molar-refractivity contribution in [3.8, 4) is 0 Å². The molecule has 0 bridgehead atoms. The fourth-order valence-corrected chi connectivity index (χ4v) is 1.85. The minimum atomic E-state index is -0.266. The molecule has 1 aromatic carbocycles. The van der Waals surface area contributed by atoms with Gasteiger partial charge in [-0.3, -0.25) is 9.78 Å². The monoisotopic (exact) mass is 283 g/mol. The van der Waals surface area contributed by atoms with E-state index in [0.29, 0.717) is 5.56 Å². The van der Waals surface area contributed by atoms with E-state index in [-0.39, 0.29) is 11.4 Å². The SMILES string of the molecule is Cc1ccc(Nc2cncc(C(=O)NC(C)(C)C)c2)cc1. The van der Waals surface area contributed by atoms with Gasteiger partial charge in [0.25, 0.3) is 5.91 Å². The van der Waals surface area contributed by atoms with E-state index >= 15 is 0 Å². The molecule has 1 aromatic heterocycles. The number of aryl methyl sites for hydroxylation is 1. The van der Waals surface area contributed by atoms with Crippen molar-refractivity contribution < 1.29 is 4.79 Å². The number of anilines is 2. The first-order valence-corrected chi connectivity index (χ1v) is 6.95. The number of benzene rings is 1. The molecule has 0 unspecified atom stereocenters. The van der Waals surface area contributed by atoms with Crippen LogP contribution in [0, 0.1) is 6.92 Å². The molecular formula is C17H21N3O. The van der Waals surface area contributed by atoms with E-state index < -0.39 is 0 Å². The van der Waals surface area contributed by atoms with Crippen LogP contribution in [-0.2, 0) is 0 Å². The minimum absolute atomic E-state index is 0.123. The largest absolute Gasteiger partial charge is 0.354 e. The molecular weight excluding hydrogens is 262 g/mol. The molecule has 0 fully saturated rings. The van der Waals surface area contributed by atoms with E-state index in [2.05, 4.69) is 15.6 Å². The summed E-state index contributed by atoms with van der Waals surface area (Å²) in [7, 11) is 0. The van der Waals surface area contributed by atoms with Crippen LogP contribution < -0.4 is 10.6 Å². The van der Waals surface area contributed by atoms with Crippen molar-refractivity contribution in [3.63, 3.8) is 0 Å². The first-order valence-electron chi connectivity index (χ1n) is 6.95. The maximum absolute atomic E-state index is 12.1. The zero-order valence-electron chi connectivity index (χ0n) is 12.9. The second kappa shape index (κ2) is 5.95. The van der Waals surface area contributed by atoms with Crippen LogP contribution in [0.2, 0.25) is 0 Å². The van der Waals surface area contributed by atoms with Crippen LogP contribution in [0.4, 0.5) is 11.4 Å². The summed E-state index contributed by atoms with van der Waals surface area (Å²) in [4.78, 5) is 16.3. The Hall–Kier alpha value is -2.36. The van der Waals surface area contributed by atoms with Crippen molar-refractivity contribution in [1.82, 2.24) is 10.3 Å². The van der Waals surface area contributed by atoms with Crippen molar-refractivity contribution in [2.24, 2.45) is 0 Å². The average molecular weight is 283 g/mol. The summed E-state index contributed by atoms with van der Waals surface area (Å²) in [5, 5.41) is 6.17. The standard InChI is InChI=1S/C17H21N3O/c1-12-5-7-14(8-6-12)19-15-9-13(10-18-11-15)16(21)20-17(2,3)4/h5-11,19H,1-4H3,(H,20,21). The predicted octanol–water partition coefficient (Wildman–Crippen LogP) is 3.66. The number of carbonyl (C=O) groups excluding carboxylic acids is 1. The van der Waals surface area contributed by atoms with Gasteiger partial charge in [0, 0.05) is 17.4 Å². The molecule has 21 heavy (non-hydrogen) atoms. The van der Waals surface area contributed by atoms with Gasteiger partial charge in [0.05, 0.1) is 17.4 Å². The van der Waals surface area contributed by atoms with Crippen molar-refractivity contribution in [2.45, 2.75) is 33.2 Å². The van der Waals surface area contributed by atoms with Crippen LogP contribution in [0.3, 0.4) is 0 Å². The molecule has 4 nitrogen and oxygen atoms in total. The third kappa shape index (κ3) is 4.60. The highest BCUT2D eigenvalue weighted by molar-refractivity contribution is 5.95. The van der Waals surface area contributed by atoms with Gasteiger partial charge in [0.1, 0.15) is 0 Å². The maximum Gasteiger partial charge on any atom is 0.253 e. The molecule has 2 rings (SSSR count). The number of carbonyl (C=O) groups is 1. The molecule has 4 heteroatoms. The maximum atomic E-state index is 12.1. The van der Waals surface area contributed by atoms with Gasteiger partial charge in [-0.05, 0) is 45.9 Å². The summed E-state index contributed by atoms with van der Waals surface area (Å²) >= 11 is 0. The Morgan fingerprint density at radius 1 is 1.05 bits per heavy atom. The molecule has 2 N–H and O–H groups in total. The third-order valence-corrected chi connectivity index (χ3v) is 2.83. The fraction of sp³-hybridized carbons (Fsp3) is 0.294. The number of hydrogen-bond donors (Lipinski definition) is 2. The second-order valence-corrected chi connectivity index (χ2v) is 6.16. The molecule has 1 amide bonds. The number of nitrogens with zero attached hydrogens (tertiary/aromatic N) is 1. The summed E-state index contributed by atoms with van der Waals surface area (Å²) in [6, 6.07) is 9.86. The molecule has 1 heterocycles. The number of amides is 1. The average Bonchev–Trinajstić information content (AvgIpc) is 2.40. The lowest BCUT2D eigenvalue weighted by molar-refractivity contribution is 0.0919. The molecule has 0 spiro atoms. The van der Waals surface area contributed by atoms with Crippen molar-refractivity contribution >= 4 is 17.3 Å². The zero-order valence-corrected chi connectivity index (χ0v) is 12.9. The number of pyridine rings is 1. The number of aromatic nitrogens is 1. The molecule has 110 valence electrons. The van der Waals surface area contributed by atoms with Crippen LogP contribution in [0.5, 0.6) is 0 Å². The molecule has 0 aliphatic rings. The van der Waals surface area contributed by atoms with Gasteiger partial charge in [-0.2, -0.15) is 0 Å². The Kier molecular flexibility index (Phi) is 4.26. The minimum Gasteiger partial charge on any atom is -0.354 e. The van der Waals surface area contributed by atoms with Gasteiger partial charge >= 0.3 is 0 Å². The number of nitrogens with one attached hydrogen (secondary N) is 2. The van der Waals surface area contributed by atoms with E-state index in [9.17, 15) is 4.79 Å². The van der Waals surface area contributed by atoms with Crippen LogP contribution in [0.1, 0.15) is 36.7 Å². The van der Waals surface area contributed by atoms with Crippen molar-refractivity contribution in [3.05, 3.63) is 53.9 Å². The Morgan fingerprint density at radius 2 is 1.71 bits per heavy atom. The molecule has 2 aromatic rings. The molecule has 0 radical (unpaired) electrons. The quantitative estimate of drug-likeness (QED) is 0.903. The Balaban J connectivity index is 2.14. The number of hydrogen-bond acceptors (Lipinski definition) is 3. The fourth-order valence-electron chi connectivity index (χ4n) is 1.85. The molecule has 0 atom stereocenters. The van der Waals surface area contributed by atoms with E-state index in [1.807, 2.05) is 52.0 Å². The summed E-state index contributed by atoms with van der Waals surface area (Å²) in [6.45, 7) is 7.90. The summed E-state index contributed by atoms with van der Waals surface area (Å²) in [6.07, 6.45) is 3.27. The summed E-state index contributed by atoms with van der Waals surface area (Å²) in [5.41, 5.74) is 3.24. The van der Waals surface area contributed by atoms with Gasteiger partial charge in [0.2, 0.25) is 0 Å². The predicted molar refractivity (Wildman–Crippen MR) is 85.9 cm³/mol. The normalized spacial score (nSPS) is 11.0. The van der Waals surface area contributed by atoms with Crippen molar-refractivity contribution in [2.75, 3.05) is 5.32 Å². The van der Waals surface area contributed by atoms with Crippen LogP contribution in [0.15, 0.2) is 42.7 Å². The lowest BCUT2D eigenvalue weighted by Gasteiger charge is -2.20. The van der Waals surface area contributed by atoms with Crippen LogP contribution in [-0.4, -0.2) is 16.4 Å². The highest BCUT2D eigenvalue weighted by atomic mass is 16.1. The van der Waals surface area contributed by atoms with Crippen LogP contribution >= 0.6 is 0 Å². The Labute approximate surface area is 125 Å². The van der Waals surface area contributed by atoms with E-state index in [0.717, 1.165) is 11.4 Å². The van der Waals surface area contributed by atoms with Crippen molar-refractivity contribution in [1.29, 1.82) is 0 Å². The Morgan fingerprint density at radius 3 is 2.33 bits per heavy atom. The Bertz CT molecular complexity index is 627. The first-order chi connectivity index (χ1) is 9.83.